The number of aromatic nitrogens is 4. The molecule has 11 rings (SSSR count). The van der Waals surface area contributed by atoms with Gasteiger partial charge in [0.05, 0.1) is 27.9 Å². The van der Waals surface area contributed by atoms with Crippen molar-refractivity contribution in [3.8, 4) is 56.4 Å². The van der Waals surface area contributed by atoms with Crippen molar-refractivity contribution in [2.75, 3.05) is 0 Å². The first-order chi connectivity index (χ1) is 27.7. The standard InChI is InChI=1S/C52H34N4/c1-4-12-37(13-5-1)47-34-48(38-14-6-2-7-15-38)54-52(53-47)39-22-20-35(21-23-39)36-24-27-42(28-25-36)56-50-19-11-10-18-43(50)46-32-40-26-29-49-44(45(40)33-51(46)56)30-31-55(49)41-16-8-3-9-17-41/h1-34H. The van der Waals surface area contributed by atoms with E-state index in [-0.39, 0.29) is 0 Å². The van der Waals surface area contributed by atoms with Gasteiger partial charge in [0, 0.05) is 50.4 Å². The summed E-state index contributed by atoms with van der Waals surface area (Å²) in [6.07, 6.45) is 2.18. The maximum absolute atomic E-state index is 5.03. The summed E-state index contributed by atoms with van der Waals surface area (Å²) in [5, 5.41) is 6.24. The minimum Gasteiger partial charge on any atom is -0.317 e. The summed E-state index contributed by atoms with van der Waals surface area (Å²) in [6, 6.07) is 71.0. The molecule has 262 valence electrons. The molecule has 0 unspecified atom stereocenters. The van der Waals surface area contributed by atoms with Crippen LogP contribution in [-0.4, -0.2) is 19.1 Å². The molecule has 11 aromatic rings. The van der Waals surface area contributed by atoms with Crippen LogP contribution >= 0.6 is 0 Å². The smallest absolute Gasteiger partial charge is 0.160 e. The summed E-state index contributed by atoms with van der Waals surface area (Å²) in [5.74, 6) is 0.708. The highest BCUT2D eigenvalue weighted by atomic mass is 15.0. The van der Waals surface area contributed by atoms with Gasteiger partial charge in [0.15, 0.2) is 5.82 Å². The Morgan fingerprint density at radius 3 is 1.57 bits per heavy atom. The maximum atomic E-state index is 5.03. The molecule has 8 aromatic carbocycles. The molecular formula is C52H34N4. The molecule has 0 aliphatic heterocycles. The van der Waals surface area contributed by atoms with Crippen molar-refractivity contribution in [2.24, 2.45) is 0 Å². The van der Waals surface area contributed by atoms with Gasteiger partial charge in [-0.15, -0.1) is 0 Å². The number of fused-ring (bicyclic) bond motifs is 6. The van der Waals surface area contributed by atoms with E-state index in [0.29, 0.717) is 5.82 Å². The summed E-state index contributed by atoms with van der Waals surface area (Å²) >= 11 is 0. The lowest BCUT2D eigenvalue weighted by Crippen LogP contribution is -1.96. The molecule has 0 N–H and O–H groups in total. The van der Waals surface area contributed by atoms with Gasteiger partial charge in [-0.25, -0.2) is 9.97 Å². The number of hydrogen-bond donors (Lipinski definition) is 0. The molecule has 3 heterocycles. The lowest BCUT2D eigenvalue weighted by molar-refractivity contribution is 1.13. The van der Waals surface area contributed by atoms with E-state index in [4.69, 9.17) is 9.97 Å². The molecule has 4 nitrogen and oxygen atoms in total. The summed E-state index contributed by atoms with van der Waals surface area (Å²) in [5.41, 5.74) is 13.1. The first kappa shape index (κ1) is 31.9. The Labute approximate surface area is 324 Å². The van der Waals surface area contributed by atoms with Crippen LogP contribution < -0.4 is 0 Å². The van der Waals surface area contributed by atoms with Crippen molar-refractivity contribution in [1.82, 2.24) is 19.1 Å². The molecule has 0 aliphatic rings. The number of benzene rings is 8. The Bertz CT molecular complexity index is 3140. The molecule has 0 saturated carbocycles. The fourth-order valence-corrected chi connectivity index (χ4v) is 8.21. The molecule has 0 fully saturated rings. The van der Waals surface area contributed by atoms with Crippen LogP contribution in [0.25, 0.3) is 99.9 Å². The van der Waals surface area contributed by atoms with Crippen LogP contribution in [-0.2, 0) is 0 Å². The van der Waals surface area contributed by atoms with Crippen LogP contribution in [0.5, 0.6) is 0 Å². The van der Waals surface area contributed by atoms with Gasteiger partial charge in [-0.2, -0.15) is 0 Å². The van der Waals surface area contributed by atoms with E-state index in [1.807, 2.05) is 36.4 Å². The lowest BCUT2D eigenvalue weighted by Gasteiger charge is -2.11. The zero-order valence-electron chi connectivity index (χ0n) is 30.4. The summed E-state index contributed by atoms with van der Waals surface area (Å²) in [6.45, 7) is 0. The van der Waals surface area contributed by atoms with Crippen molar-refractivity contribution in [2.45, 2.75) is 0 Å². The molecule has 3 aromatic heterocycles. The molecule has 0 saturated heterocycles. The van der Waals surface area contributed by atoms with Crippen molar-refractivity contribution in [3.05, 3.63) is 206 Å². The number of para-hydroxylation sites is 2. The molecule has 4 heteroatoms. The van der Waals surface area contributed by atoms with E-state index in [0.717, 1.165) is 50.6 Å². The van der Waals surface area contributed by atoms with Crippen molar-refractivity contribution in [1.29, 1.82) is 0 Å². The average molecular weight is 715 g/mol. The van der Waals surface area contributed by atoms with E-state index < -0.39 is 0 Å². The highest BCUT2D eigenvalue weighted by Gasteiger charge is 2.16. The Hall–Kier alpha value is -7.56. The second-order valence-electron chi connectivity index (χ2n) is 14.3. The molecule has 56 heavy (non-hydrogen) atoms. The number of rotatable bonds is 6. The predicted octanol–water partition coefficient (Wildman–Crippen LogP) is 13.3. The molecule has 0 amide bonds. The van der Waals surface area contributed by atoms with Gasteiger partial charge in [-0.05, 0) is 82.6 Å². The van der Waals surface area contributed by atoms with Gasteiger partial charge in [0.1, 0.15) is 0 Å². The minimum atomic E-state index is 0.708. The van der Waals surface area contributed by atoms with Crippen molar-refractivity contribution < 1.29 is 0 Å². The van der Waals surface area contributed by atoms with Crippen LogP contribution in [0.3, 0.4) is 0 Å². The second kappa shape index (κ2) is 13.1. The second-order valence-corrected chi connectivity index (χ2v) is 14.3. The molecular weight excluding hydrogens is 681 g/mol. The largest absolute Gasteiger partial charge is 0.317 e. The monoisotopic (exact) mass is 714 g/mol. The predicted molar refractivity (Wildman–Crippen MR) is 232 cm³/mol. The van der Waals surface area contributed by atoms with E-state index in [9.17, 15) is 0 Å². The molecule has 0 spiro atoms. The van der Waals surface area contributed by atoms with Gasteiger partial charge in [0.25, 0.3) is 0 Å². The zero-order chi connectivity index (χ0) is 37.0. The first-order valence-electron chi connectivity index (χ1n) is 19.0. The zero-order valence-corrected chi connectivity index (χ0v) is 30.4. The SMILES string of the molecule is c1ccc(-c2cc(-c3ccccc3)nc(-c3ccc(-c4ccc(-n5c6ccccc6c6cc7ccc8c(ccn8-c8ccccc8)c7cc65)cc4)cc3)n2)cc1. The van der Waals surface area contributed by atoms with Gasteiger partial charge >= 0.3 is 0 Å². The summed E-state index contributed by atoms with van der Waals surface area (Å²) in [4.78, 5) is 10.1. The number of nitrogens with zero attached hydrogens (tertiary/aromatic N) is 4. The van der Waals surface area contributed by atoms with Crippen LogP contribution in [0, 0.1) is 0 Å². The van der Waals surface area contributed by atoms with Gasteiger partial charge in [-0.1, -0.05) is 140 Å². The highest BCUT2D eigenvalue weighted by Crippen LogP contribution is 2.38. The fourth-order valence-electron chi connectivity index (χ4n) is 8.21. The Morgan fingerprint density at radius 1 is 0.321 bits per heavy atom. The Kier molecular flexibility index (Phi) is 7.46. The highest BCUT2D eigenvalue weighted by molar-refractivity contribution is 6.18. The molecule has 0 aliphatic carbocycles. The van der Waals surface area contributed by atoms with E-state index in [2.05, 4.69) is 179 Å². The van der Waals surface area contributed by atoms with Crippen LogP contribution in [0.15, 0.2) is 206 Å². The van der Waals surface area contributed by atoms with Crippen molar-refractivity contribution >= 4 is 43.5 Å². The van der Waals surface area contributed by atoms with E-state index in [1.165, 1.54) is 43.5 Å². The fraction of sp³-hybridized carbons (Fsp3) is 0. The van der Waals surface area contributed by atoms with Crippen LogP contribution in [0.1, 0.15) is 0 Å². The third kappa shape index (κ3) is 5.39. The first-order valence-corrected chi connectivity index (χ1v) is 19.0. The van der Waals surface area contributed by atoms with Gasteiger partial charge in [-0.3, -0.25) is 0 Å². The Balaban J connectivity index is 0.971. The third-order valence-corrected chi connectivity index (χ3v) is 11.0. The van der Waals surface area contributed by atoms with Crippen LogP contribution in [0.2, 0.25) is 0 Å². The van der Waals surface area contributed by atoms with Gasteiger partial charge in [0.2, 0.25) is 0 Å². The van der Waals surface area contributed by atoms with Crippen molar-refractivity contribution in [3.63, 3.8) is 0 Å². The molecule has 0 radical (unpaired) electrons. The molecule has 0 bridgehead atoms. The van der Waals surface area contributed by atoms with Gasteiger partial charge < -0.3 is 9.13 Å². The Morgan fingerprint density at radius 2 is 0.893 bits per heavy atom. The number of hydrogen-bond acceptors (Lipinski definition) is 2. The quantitative estimate of drug-likeness (QED) is 0.172. The van der Waals surface area contributed by atoms with E-state index >= 15 is 0 Å². The minimum absolute atomic E-state index is 0.708. The van der Waals surface area contributed by atoms with E-state index in [1.54, 1.807) is 0 Å². The molecule has 0 atom stereocenters. The third-order valence-electron chi connectivity index (χ3n) is 11.0. The normalized spacial score (nSPS) is 11.6. The van der Waals surface area contributed by atoms with Crippen LogP contribution in [0.4, 0.5) is 0 Å². The maximum Gasteiger partial charge on any atom is 0.160 e. The summed E-state index contributed by atoms with van der Waals surface area (Å²) < 4.78 is 4.68. The summed E-state index contributed by atoms with van der Waals surface area (Å²) in [7, 11) is 0. The lowest BCUT2D eigenvalue weighted by atomic mass is 10.0. The average Bonchev–Trinajstić information content (AvgIpc) is 3.86. The topological polar surface area (TPSA) is 35.6 Å².